The van der Waals surface area contributed by atoms with Crippen molar-refractivity contribution in [1.82, 2.24) is 10.2 Å². The van der Waals surface area contributed by atoms with Crippen LogP contribution in [0.3, 0.4) is 0 Å². The van der Waals surface area contributed by atoms with E-state index in [1.165, 1.54) is 19.3 Å². The molecule has 0 atom stereocenters. The quantitative estimate of drug-likeness (QED) is 0.529. The summed E-state index contributed by atoms with van der Waals surface area (Å²) in [5, 5.41) is 3.23. The number of amides is 1. The Hall–Kier alpha value is -0.830. The molecule has 0 saturated carbocycles. The second-order valence-electron chi connectivity index (χ2n) is 4.25. The zero-order valence-electron chi connectivity index (χ0n) is 10.6. The van der Waals surface area contributed by atoms with Gasteiger partial charge in [-0.1, -0.05) is 11.6 Å². The van der Waals surface area contributed by atoms with Crippen molar-refractivity contribution in [3.05, 3.63) is 11.6 Å². The van der Waals surface area contributed by atoms with E-state index in [9.17, 15) is 4.79 Å². The Bertz CT molecular complexity index is 244. The van der Waals surface area contributed by atoms with Gasteiger partial charge in [0, 0.05) is 13.1 Å². The summed E-state index contributed by atoms with van der Waals surface area (Å²) in [5.41, 5.74) is 1.56. The third-order valence-electron chi connectivity index (χ3n) is 3.15. The summed E-state index contributed by atoms with van der Waals surface area (Å²) in [4.78, 5) is 13.5. The van der Waals surface area contributed by atoms with E-state index in [0.717, 1.165) is 26.1 Å². The van der Waals surface area contributed by atoms with E-state index in [1.54, 1.807) is 5.57 Å². The van der Waals surface area contributed by atoms with Crippen LogP contribution >= 0.6 is 0 Å². The van der Waals surface area contributed by atoms with Gasteiger partial charge in [0.15, 0.2) is 0 Å². The molecule has 0 heterocycles. The summed E-state index contributed by atoms with van der Waals surface area (Å²) in [5.74, 6) is 0.213. The van der Waals surface area contributed by atoms with Crippen molar-refractivity contribution in [3.63, 3.8) is 0 Å². The largest absolute Gasteiger partial charge is 0.342 e. The van der Waals surface area contributed by atoms with Crippen molar-refractivity contribution in [2.75, 3.05) is 26.2 Å². The van der Waals surface area contributed by atoms with E-state index in [1.807, 2.05) is 18.7 Å². The summed E-state index contributed by atoms with van der Waals surface area (Å²) in [6.45, 7) is 7.06. The Morgan fingerprint density at radius 3 is 2.75 bits per heavy atom. The van der Waals surface area contributed by atoms with E-state index in [0.29, 0.717) is 6.54 Å². The minimum Gasteiger partial charge on any atom is -0.342 e. The highest BCUT2D eigenvalue weighted by atomic mass is 16.2. The van der Waals surface area contributed by atoms with Crippen LogP contribution in [0.2, 0.25) is 0 Å². The van der Waals surface area contributed by atoms with Crippen LogP contribution in [-0.4, -0.2) is 37.0 Å². The van der Waals surface area contributed by atoms with Crippen molar-refractivity contribution in [1.29, 1.82) is 0 Å². The Morgan fingerprint density at radius 1 is 1.44 bits per heavy atom. The molecule has 0 aromatic rings. The predicted molar refractivity (Wildman–Crippen MR) is 67.3 cm³/mol. The number of rotatable bonds is 7. The molecule has 0 radical (unpaired) electrons. The van der Waals surface area contributed by atoms with Gasteiger partial charge in [-0.15, -0.1) is 0 Å². The van der Waals surface area contributed by atoms with E-state index < -0.39 is 0 Å². The lowest BCUT2D eigenvalue weighted by Crippen LogP contribution is -2.38. The maximum Gasteiger partial charge on any atom is 0.236 e. The monoisotopic (exact) mass is 224 g/mol. The summed E-state index contributed by atoms with van der Waals surface area (Å²) in [7, 11) is 0. The van der Waals surface area contributed by atoms with Crippen LogP contribution < -0.4 is 5.32 Å². The fourth-order valence-electron chi connectivity index (χ4n) is 2.10. The molecule has 0 unspecified atom stereocenters. The summed E-state index contributed by atoms with van der Waals surface area (Å²) >= 11 is 0. The average Bonchev–Trinajstić information content (AvgIpc) is 2.79. The van der Waals surface area contributed by atoms with E-state index in [2.05, 4.69) is 11.4 Å². The molecule has 1 aliphatic rings. The summed E-state index contributed by atoms with van der Waals surface area (Å²) in [6.07, 6.45) is 7.26. The molecule has 0 aromatic carbocycles. The van der Waals surface area contributed by atoms with Gasteiger partial charge in [0.05, 0.1) is 6.54 Å². The highest BCUT2D eigenvalue weighted by Gasteiger charge is 2.08. The van der Waals surface area contributed by atoms with E-state index >= 15 is 0 Å². The topological polar surface area (TPSA) is 32.3 Å². The van der Waals surface area contributed by atoms with Crippen LogP contribution in [0, 0.1) is 0 Å². The molecule has 0 saturated heterocycles. The zero-order valence-corrected chi connectivity index (χ0v) is 10.6. The van der Waals surface area contributed by atoms with Crippen molar-refractivity contribution in [2.45, 2.75) is 39.5 Å². The smallest absolute Gasteiger partial charge is 0.236 e. The van der Waals surface area contributed by atoms with Crippen molar-refractivity contribution in [3.8, 4) is 0 Å². The first-order chi connectivity index (χ1) is 7.77. The standard InChI is InChI=1S/C13H24N2O/c1-3-15(4-2)13(16)11-14-10-9-12-7-5-6-8-12/h7,14H,3-6,8-11H2,1-2H3. The normalized spacial score (nSPS) is 15.0. The first kappa shape index (κ1) is 13.2. The van der Waals surface area contributed by atoms with Crippen LogP contribution in [0.4, 0.5) is 0 Å². The number of carbonyl (C=O) groups is 1. The lowest BCUT2D eigenvalue weighted by Gasteiger charge is -2.18. The van der Waals surface area contributed by atoms with Gasteiger partial charge < -0.3 is 10.2 Å². The van der Waals surface area contributed by atoms with Gasteiger partial charge in [-0.3, -0.25) is 4.79 Å². The second-order valence-corrected chi connectivity index (χ2v) is 4.25. The van der Waals surface area contributed by atoms with Crippen LogP contribution in [0.15, 0.2) is 11.6 Å². The van der Waals surface area contributed by atoms with Crippen LogP contribution in [0.1, 0.15) is 39.5 Å². The predicted octanol–water partition coefficient (Wildman–Crippen LogP) is 1.94. The summed E-state index contributed by atoms with van der Waals surface area (Å²) in [6, 6.07) is 0. The maximum atomic E-state index is 11.7. The van der Waals surface area contributed by atoms with Gasteiger partial charge >= 0.3 is 0 Å². The molecule has 0 aliphatic heterocycles. The molecule has 3 nitrogen and oxygen atoms in total. The van der Waals surface area contributed by atoms with Gasteiger partial charge in [-0.2, -0.15) is 0 Å². The number of likely N-dealkylation sites (N-methyl/N-ethyl adjacent to an activating group) is 1. The number of nitrogens with zero attached hydrogens (tertiary/aromatic N) is 1. The molecule has 1 rings (SSSR count). The molecule has 0 spiro atoms. The first-order valence-electron chi connectivity index (χ1n) is 6.44. The number of carbonyl (C=O) groups excluding carboxylic acids is 1. The van der Waals surface area contributed by atoms with Crippen molar-refractivity contribution < 1.29 is 4.79 Å². The number of hydrogen-bond acceptors (Lipinski definition) is 2. The SMILES string of the molecule is CCN(CC)C(=O)CNCCC1=CCCC1. The molecule has 3 heteroatoms. The molecular formula is C13H24N2O. The summed E-state index contributed by atoms with van der Waals surface area (Å²) < 4.78 is 0. The van der Waals surface area contributed by atoms with Gasteiger partial charge in [0.25, 0.3) is 0 Å². The Morgan fingerprint density at radius 2 is 2.19 bits per heavy atom. The molecule has 0 aromatic heterocycles. The Labute approximate surface area is 98.9 Å². The maximum absolute atomic E-state index is 11.7. The Balaban J connectivity index is 2.08. The van der Waals surface area contributed by atoms with Crippen molar-refractivity contribution in [2.24, 2.45) is 0 Å². The highest BCUT2D eigenvalue weighted by molar-refractivity contribution is 5.78. The lowest BCUT2D eigenvalue weighted by atomic mass is 10.2. The van der Waals surface area contributed by atoms with Gasteiger partial charge in [0.1, 0.15) is 0 Å². The molecule has 92 valence electrons. The molecule has 1 aliphatic carbocycles. The third kappa shape index (κ3) is 4.35. The molecule has 0 bridgehead atoms. The lowest BCUT2D eigenvalue weighted by molar-refractivity contribution is -0.129. The van der Waals surface area contributed by atoms with Crippen LogP contribution in [0.5, 0.6) is 0 Å². The molecular weight excluding hydrogens is 200 g/mol. The number of hydrogen-bond donors (Lipinski definition) is 1. The van der Waals surface area contributed by atoms with Crippen LogP contribution in [-0.2, 0) is 4.79 Å². The van der Waals surface area contributed by atoms with Gasteiger partial charge in [0.2, 0.25) is 5.91 Å². The van der Waals surface area contributed by atoms with Gasteiger partial charge in [-0.05, 0) is 46.1 Å². The highest BCUT2D eigenvalue weighted by Crippen LogP contribution is 2.19. The minimum atomic E-state index is 0.213. The van der Waals surface area contributed by atoms with Gasteiger partial charge in [-0.25, -0.2) is 0 Å². The molecule has 1 amide bonds. The second kappa shape index (κ2) is 7.44. The van der Waals surface area contributed by atoms with E-state index in [4.69, 9.17) is 0 Å². The number of allylic oxidation sites excluding steroid dienone is 1. The molecule has 16 heavy (non-hydrogen) atoms. The fraction of sp³-hybridized carbons (Fsp3) is 0.769. The number of nitrogens with one attached hydrogen (secondary N) is 1. The molecule has 1 N–H and O–H groups in total. The zero-order chi connectivity index (χ0) is 11.8. The third-order valence-corrected chi connectivity index (χ3v) is 3.15. The van der Waals surface area contributed by atoms with Crippen molar-refractivity contribution >= 4 is 5.91 Å². The Kier molecular flexibility index (Phi) is 6.16. The minimum absolute atomic E-state index is 0.213. The molecule has 0 fully saturated rings. The van der Waals surface area contributed by atoms with E-state index in [-0.39, 0.29) is 5.91 Å². The fourth-order valence-corrected chi connectivity index (χ4v) is 2.10. The average molecular weight is 224 g/mol. The first-order valence-corrected chi connectivity index (χ1v) is 6.44. The van der Waals surface area contributed by atoms with Crippen LogP contribution in [0.25, 0.3) is 0 Å².